The van der Waals surface area contributed by atoms with Gasteiger partial charge in [-0.2, -0.15) is 0 Å². The molecule has 1 aromatic carbocycles. The maximum atomic E-state index is 13.2. The maximum absolute atomic E-state index is 13.2. The van der Waals surface area contributed by atoms with E-state index < -0.39 is 5.25 Å². The zero-order valence-corrected chi connectivity index (χ0v) is 13.7. The SMILES string of the molecule is O=C(NC1CC1)C(Sc1ncc2ccccn12)c1ccc(F)cc1. The predicted molar refractivity (Wildman–Crippen MR) is 91.4 cm³/mol. The fraction of sp³-hybridized carbons (Fsp3) is 0.222. The number of nitrogens with one attached hydrogen (secondary N) is 1. The molecule has 1 aliphatic rings. The van der Waals surface area contributed by atoms with Crippen molar-refractivity contribution in [3.63, 3.8) is 0 Å². The Bertz CT molecular complexity index is 873. The predicted octanol–water partition coefficient (Wildman–Crippen LogP) is 3.59. The van der Waals surface area contributed by atoms with Gasteiger partial charge in [0.1, 0.15) is 11.1 Å². The smallest absolute Gasteiger partial charge is 0.238 e. The minimum atomic E-state index is -0.461. The van der Waals surface area contributed by atoms with E-state index >= 15 is 0 Å². The number of amides is 1. The van der Waals surface area contributed by atoms with Gasteiger partial charge >= 0.3 is 0 Å². The van der Waals surface area contributed by atoms with E-state index in [0.29, 0.717) is 0 Å². The molecule has 0 bridgehead atoms. The minimum Gasteiger partial charge on any atom is -0.352 e. The molecule has 2 aromatic heterocycles. The van der Waals surface area contributed by atoms with Gasteiger partial charge in [0.15, 0.2) is 5.16 Å². The number of nitrogens with zero attached hydrogens (tertiary/aromatic N) is 2. The van der Waals surface area contributed by atoms with Crippen molar-refractivity contribution in [2.45, 2.75) is 29.3 Å². The van der Waals surface area contributed by atoms with Crippen LogP contribution in [0.15, 0.2) is 60.0 Å². The van der Waals surface area contributed by atoms with Crippen LogP contribution in [0.1, 0.15) is 23.7 Å². The van der Waals surface area contributed by atoms with Crippen molar-refractivity contribution in [3.05, 3.63) is 66.2 Å². The van der Waals surface area contributed by atoms with Crippen molar-refractivity contribution >= 4 is 23.2 Å². The van der Waals surface area contributed by atoms with E-state index in [1.807, 2.05) is 28.8 Å². The lowest BCUT2D eigenvalue weighted by atomic mass is 10.1. The van der Waals surface area contributed by atoms with Crippen LogP contribution in [0.2, 0.25) is 0 Å². The number of imidazole rings is 1. The van der Waals surface area contributed by atoms with Crippen LogP contribution in [0.25, 0.3) is 5.52 Å². The summed E-state index contributed by atoms with van der Waals surface area (Å²) in [5.41, 5.74) is 1.74. The number of halogens is 1. The van der Waals surface area contributed by atoms with Gasteiger partial charge in [-0.3, -0.25) is 9.20 Å². The fourth-order valence-corrected chi connectivity index (χ4v) is 3.60. The van der Waals surface area contributed by atoms with E-state index in [0.717, 1.165) is 29.1 Å². The lowest BCUT2D eigenvalue weighted by Crippen LogP contribution is -2.29. The molecular formula is C18H16FN3OS. The van der Waals surface area contributed by atoms with E-state index in [9.17, 15) is 9.18 Å². The van der Waals surface area contributed by atoms with Crippen LogP contribution in [0.5, 0.6) is 0 Å². The molecule has 1 amide bonds. The van der Waals surface area contributed by atoms with E-state index in [4.69, 9.17) is 0 Å². The number of carbonyl (C=O) groups excluding carboxylic acids is 1. The molecular weight excluding hydrogens is 325 g/mol. The van der Waals surface area contributed by atoms with Crippen molar-refractivity contribution in [2.75, 3.05) is 0 Å². The molecule has 122 valence electrons. The van der Waals surface area contributed by atoms with Crippen LogP contribution in [0.3, 0.4) is 0 Å². The Labute approximate surface area is 143 Å². The highest BCUT2D eigenvalue weighted by molar-refractivity contribution is 8.00. The zero-order valence-electron chi connectivity index (χ0n) is 12.9. The number of rotatable bonds is 5. The van der Waals surface area contributed by atoms with Gasteiger partial charge in [-0.15, -0.1) is 0 Å². The van der Waals surface area contributed by atoms with E-state index in [-0.39, 0.29) is 17.8 Å². The summed E-state index contributed by atoms with van der Waals surface area (Å²) in [4.78, 5) is 17.1. The number of benzene rings is 1. The highest BCUT2D eigenvalue weighted by Gasteiger charge is 2.30. The molecule has 1 N–H and O–H groups in total. The Morgan fingerprint density at radius 2 is 2.04 bits per heavy atom. The molecule has 0 radical (unpaired) electrons. The van der Waals surface area contributed by atoms with Gasteiger partial charge in [-0.05, 0) is 42.7 Å². The summed E-state index contributed by atoms with van der Waals surface area (Å²) in [6.45, 7) is 0. The summed E-state index contributed by atoms with van der Waals surface area (Å²) in [5, 5.41) is 3.32. The third-order valence-corrected chi connectivity index (χ3v) is 5.20. The molecule has 2 heterocycles. The number of hydrogen-bond donors (Lipinski definition) is 1. The standard InChI is InChI=1S/C18H16FN3OS/c19-13-6-4-12(5-7-13)16(17(23)21-14-8-9-14)24-18-20-11-15-3-1-2-10-22(15)18/h1-7,10-11,14,16H,8-9H2,(H,21,23). The quantitative estimate of drug-likeness (QED) is 0.722. The second kappa shape index (κ2) is 6.28. The Morgan fingerprint density at radius 1 is 1.25 bits per heavy atom. The Morgan fingerprint density at radius 3 is 2.79 bits per heavy atom. The zero-order chi connectivity index (χ0) is 16.5. The van der Waals surface area contributed by atoms with Gasteiger partial charge in [0, 0.05) is 12.2 Å². The molecule has 3 aromatic rings. The first kappa shape index (κ1) is 15.2. The highest BCUT2D eigenvalue weighted by Crippen LogP contribution is 2.36. The maximum Gasteiger partial charge on any atom is 0.238 e. The number of thioether (sulfide) groups is 1. The third kappa shape index (κ3) is 3.14. The Hall–Kier alpha value is -2.34. The van der Waals surface area contributed by atoms with Crippen LogP contribution in [-0.4, -0.2) is 21.3 Å². The van der Waals surface area contributed by atoms with Crippen LogP contribution < -0.4 is 5.32 Å². The van der Waals surface area contributed by atoms with Gasteiger partial charge in [-0.1, -0.05) is 30.0 Å². The summed E-state index contributed by atoms with van der Waals surface area (Å²) < 4.78 is 15.2. The van der Waals surface area contributed by atoms with Crippen molar-refractivity contribution in [1.29, 1.82) is 0 Å². The first-order valence-electron chi connectivity index (χ1n) is 7.85. The second-order valence-corrected chi connectivity index (χ2v) is 6.94. The molecule has 1 saturated carbocycles. The molecule has 0 spiro atoms. The minimum absolute atomic E-state index is 0.0539. The molecule has 1 unspecified atom stereocenters. The summed E-state index contributed by atoms with van der Waals surface area (Å²) in [7, 11) is 0. The average Bonchev–Trinajstić information content (AvgIpc) is 3.32. The van der Waals surface area contributed by atoms with Crippen LogP contribution >= 0.6 is 11.8 Å². The van der Waals surface area contributed by atoms with Gasteiger partial charge < -0.3 is 5.32 Å². The van der Waals surface area contributed by atoms with Crippen LogP contribution in [0, 0.1) is 5.82 Å². The van der Waals surface area contributed by atoms with Crippen LogP contribution in [0.4, 0.5) is 4.39 Å². The molecule has 1 aliphatic carbocycles. The summed E-state index contributed by atoms with van der Waals surface area (Å²) in [6, 6.07) is 12.2. The lowest BCUT2D eigenvalue weighted by Gasteiger charge is -2.16. The topological polar surface area (TPSA) is 46.4 Å². The highest BCUT2D eigenvalue weighted by atomic mass is 32.2. The van der Waals surface area contributed by atoms with E-state index in [1.54, 1.807) is 18.3 Å². The molecule has 4 rings (SSSR count). The number of aromatic nitrogens is 2. The number of fused-ring (bicyclic) bond motifs is 1. The molecule has 6 heteroatoms. The third-order valence-electron chi connectivity index (χ3n) is 3.96. The largest absolute Gasteiger partial charge is 0.352 e. The van der Waals surface area contributed by atoms with Crippen LogP contribution in [-0.2, 0) is 4.79 Å². The molecule has 24 heavy (non-hydrogen) atoms. The van der Waals surface area contributed by atoms with Gasteiger partial charge in [-0.25, -0.2) is 9.37 Å². The summed E-state index contributed by atoms with van der Waals surface area (Å²) >= 11 is 1.38. The molecule has 0 aliphatic heterocycles. The lowest BCUT2D eigenvalue weighted by molar-refractivity contribution is -0.120. The van der Waals surface area contributed by atoms with Gasteiger partial charge in [0.05, 0.1) is 11.7 Å². The van der Waals surface area contributed by atoms with Crippen molar-refractivity contribution in [2.24, 2.45) is 0 Å². The van der Waals surface area contributed by atoms with E-state index in [2.05, 4.69) is 10.3 Å². The normalized spacial score (nSPS) is 15.4. The number of pyridine rings is 1. The summed E-state index contributed by atoms with van der Waals surface area (Å²) in [5.74, 6) is -0.363. The van der Waals surface area contributed by atoms with Gasteiger partial charge in [0.25, 0.3) is 0 Å². The number of hydrogen-bond acceptors (Lipinski definition) is 3. The number of carbonyl (C=O) groups is 1. The van der Waals surface area contributed by atoms with Crippen molar-refractivity contribution in [1.82, 2.24) is 14.7 Å². The van der Waals surface area contributed by atoms with Crippen molar-refractivity contribution in [3.8, 4) is 0 Å². The average molecular weight is 341 g/mol. The molecule has 0 saturated heterocycles. The Balaban J connectivity index is 1.66. The van der Waals surface area contributed by atoms with Crippen molar-refractivity contribution < 1.29 is 9.18 Å². The fourth-order valence-electron chi connectivity index (χ4n) is 2.53. The molecule has 4 nitrogen and oxygen atoms in total. The monoisotopic (exact) mass is 341 g/mol. The Kier molecular flexibility index (Phi) is 3.98. The van der Waals surface area contributed by atoms with E-state index in [1.165, 1.54) is 23.9 Å². The summed E-state index contributed by atoms with van der Waals surface area (Å²) in [6.07, 6.45) is 5.76. The molecule has 1 atom stereocenters. The molecule has 1 fully saturated rings. The van der Waals surface area contributed by atoms with Gasteiger partial charge in [0.2, 0.25) is 5.91 Å². The second-order valence-electron chi connectivity index (χ2n) is 5.87. The first-order valence-corrected chi connectivity index (χ1v) is 8.73. The first-order chi connectivity index (χ1) is 11.7.